The maximum absolute atomic E-state index is 9.59. The Hall–Kier alpha value is 1.41. The molecule has 0 spiro atoms. The molecule has 11 heavy (non-hydrogen) atoms. The van der Waals surface area contributed by atoms with Crippen LogP contribution in [-0.4, -0.2) is 0 Å². The molecule has 0 aliphatic rings. The lowest BCUT2D eigenvalue weighted by atomic mass is 13.9. The molecule has 0 atom stereocenters. The average Bonchev–Trinajstić information content (AvgIpc) is 1.12. The van der Waals surface area contributed by atoms with Crippen molar-refractivity contribution in [2.24, 2.45) is 22.0 Å². The van der Waals surface area contributed by atoms with Crippen molar-refractivity contribution in [3.63, 3.8) is 0 Å². The molecule has 0 saturated carbocycles. The predicted molar refractivity (Wildman–Crippen MR) is 52.7 cm³/mol. The summed E-state index contributed by atoms with van der Waals surface area (Å²) in [6, 6.07) is 0. The van der Waals surface area contributed by atoms with Crippen molar-refractivity contribution >= 4 is 50.2 Å². The molecular weight excluding hydrogens is 246 g/mol. The molecule has 0 heterocycles. The van der Waals surface area contributed by atoms with Gasteiger partial charge in [-0.25, -0.2) is 0 Å². The van der Waals surface area contributed by atoms with Crippen LogP contribution in [0.25, 0.3) is 0 Å². The van der Waals surface area contributed by atoms with Crippen LogP contribution in [0.4, 0.5) is 0 Å². The largest absolute Gasteiger partial charge is 2.00 e. The van der Waals surface area contributed by atoms with Gasteiger partial charge < -0.3 is 31.8 Å². The molecule has 0 bridgehead atoms. The van der Waals surface area contributed by atoms with E-state index in [1.54, 1.807) is 0 Å². The highest BCUT2D eigenvalue weighted by molar-refractivity contribution is 8.09. The second-order valence-corrected chi connectivity index (χ2v) is 7.30. The predicted octanol–water partition coefficient (Wildman–Crippen LogP) is -3.03. The molecule has 0 aliphatic carbocycles. The molecular formula is H8N4O2P2S3. The first-order chi connectivity index (χ1) is 4.00. The van der Waals surface area contributed by atoms with Gasteiger partial charge >= 0.3 is 13.5 Å². The highest BCUT2D eigenvalue weighted by Gasteiger charge is 2.00. The second kappa shape index (κ2) is 6.88. The molecule has 0 aromatic carbocycles. The van der Waals surface area contributed by atoms with E-state index in [1.807, 2.05) is 0 Å². The van der Waals surface area contributed by atoms with Crippen LogP contribution in [0, 0.1) is 0 Å². The summed E-state index contributed by atoms with van der Waals surface area (Å²) in [5.74, 6) is 0. The van der Waals surface area contributed by atoms with E-state index >= 15 is 0 Å². The van der Waals surface area contributed by atoms with Crippen molar-refractivity contribution in [1.82, 2.24) is 0 Å². The van der Waals surface area contributed by atoms with Gasteiger partial charge in [-0.3, -0.25) is 0 Å². The highest BCUT2D eigenvalue weighted by atomic mass is 32.5. The SMILES string of the molecule is NP(N)([O-])=S.NP(N)([O-])=S.[S+2]. The van der Waals surface area contributed by atoms with Crippen LogP contribution in [0.2, 0.25) is 0 Å². The fourth-order valence-corrected chi connectivity index (χ4v) is 0. The van der Waals surface area contributed by atoms with E-state index in [9.17, 15) is 9.79 Å². The molecule has 4 radical (unpaired) electrons. The zero-order valence-corrected chi connectivity index (χ0v) is 9.48. The summed E-state index contributed by atoms with van der Waals surface area (Å²) in [6.07, 6.45) is 0. The Kier molecular flexibility index (Phi) is 11.4. The van der Waals surface area contributed by atoms with E-state index in [2.05, 4.69) is 45.6 Å². The smallest absolute Gasteiger partial charge is 0.799 e. The Labute approximate surface area is 82.2 Å². The van der Waals surface area contributed by atoms with Crippen LogP contribution in [0.15, 0.2) is 0 Å². The minimum atomic E-state index is -3.06. The van der Waals surface area contributed by atoms with E-state index in [4.69, 9.17) is 0 Å². The minimum Gasteiger partial charge on any atom is -0.799 e. The second-order valence-electron chi connectivity index (χ2n) is 1.29. The summed E-state index contributed by atoms with van der Waals surface area (Å²) in [4.78, 5) is 19.2. The summed E-state index contributed by atoms with van der Waals surface area (Å²) in [5.41, 5.74) is 18.0. The first kappa shape index (κ1) is 18.2. The summed E-state index contributed by atoms with van der Waals surface area (Å²) in [5, 5.41) is 0. The summed E-state index contributed by atoms with van der Waals surface area (Å²) in [6.45, 7) is -6.11. The van der Waals surface area contributed by atoms with Crippen molar-refractivity contribution in [2.75, 3.05) is 0 Å². The quantitative estimate of drug-likeness (QED) is 0.333. The summed E-state index contributed by atoms with van der Waals surface area (Å²) in [7, 11) is 0. The molecule has 0 saturated heterocycles. The third-order valence-corrected chi connectivity index (χ3v) is 0. The van der Waals surface area contributed by atoms with E-state index in [1.165, 1.54) is 0 Å². The van der Waals surface area contributed by atoms with Crippen molar-refractivity contribution in [3.8, 4) is 0 Å². The van der Waals surface area contributed by atoms with Crippen molar-refractivity contribution in [1.29, 1.82) is 0 Å². The lowest BCUT2D eigenvalue weighted by Gasteiger charge is -2.12. The average molecular weight is 254 g/mol. The highest BCUT2D eigenvalue weighted by Crippen LogP contribution is 2.07. The lowest BCUT2D eigenvalue weighted by Crippen LogP contribution is -2.16. The molecule has 0 amide bonds. The third-order valence-electron chi connectivity index (χ3n) is 0. The van der Waals surface area contributed by atoms with Crippen molar-refractivity contribution < 1.29 is 9.79 Å². The summed E-state index contributed by atoms with van der Waals surface area (Å²) >= 11 is 7.87. The lowest BCUT2D eigenvalue weighted by molar-refractivity contribution is -0.162. The fraction of sp³-hybridized carbons (Fsp3) is 0. The normalized spacial score (nSPS) is 10.7. The molecule has 0 aromatic rings. The van der Waals surface area contributed by atoms with E-state index in [-0.39, 0.29) is 13.5 Å². The molecule has 0 aromatic heterocycles. The van der Waals surface area contributed by atoms with E-state index < -0.39 is 13.1 Å². The van der Waals surface area contributed by atoms with Crippen LogP contribution < -0.4 is 31.8 Å². The number of hydrogen-bond donors (Lipinski definition) is 4. The Morgan fingerprint density at radius 1 is 0.818 bits per heavy atom. The standard InChI is InChI=1S/2H5N2OPS.S/c2*1-4(2,3)5;/h2*(H5,1,2,3,5);/q;;+2/p-2. The number of rotatable bonds is 0. The van der Waals surface area contributed by atoms with Crippen LogP contribution in [0.5, 0.6) is 0 Å². The van der Waals surface area contributed by atoms with Gasteiger partial charge in [-0.05, 0) is 13.1 Å². The van der Waals surface area contributed by atoms with Crippen LogP contribution in [0.3, 0.4) is 0 Å². The van der Waals surface area contributed by atoms with Gasteiger partial charge in [-0.1, -0.05) is 23.6 Å². The molecule has 6 nitrogen and oxygen atoms in total. The maximum atomic E-state index is 9.59. The summed E-state index contributed by atoms with van der Waals surface area (Å²) < 4.78 is 0. The van der Waals surface area contributed by atoms with Crippen molar-refractivity contribution in [3.05, 3.63) is 0 Å². The van der Waals surface area contributed by atoms with Crippen LogP contribution in [-0.2, 0) is 37.1 Å². The number of nitrogens with two attached hydrogens (primary N) is 4. The molecule has 0 aliphatic heterocycles. The fourth-order valence-electron chi connectivity index (χ4n) is 0. The van der Waals surface area contributed by atoms with Gasteiger partial charge in [-0.2, -0.15) is 0 Å². The van der Waals surface area contributed by atoms with Gasteiger partial charge in [0.15, 0.2) is 0 Å². The van der Waals surface area contributed by atoms with Crippen molar-refractivity contribution in [2.45, 2.75) is 0 Å². The molecule has 0 unspecified atom stereocenters. The molecule has 0 fully saturated rings. The van der Waals surface area contributed by atoms with E-state index in [0.717, 1.165) is 0 Å². The van der Waals surface area contributed by atoms with E-state index in [0.29, 0.717) is 0 Å². The Morgan fingerprint density at radius 3 is 0.818 bits per heavy atom. The topological polar surface area (TPSA) is 150 Å². The van der Waals surface area contributed by atoms with Crippen LogP contribution in [0.1, 0.15) is 0 Å². The first-order valence-electron chi connectivity index (χ1n) is 1.76. The Morgan fingerprint density at radius 2 is 0.818 bits per heavy atom. The monoisotopic (exact) mass is 254 g/mol. The van der Waals surface area contributed by atoms with Gasteiger partial charge in [-0.15, -0.1) is 0 Å². The first-order valence-corrected chi connectivity index (χ1v) is 7.48. The van der Waals surface area contributed by atoms with Gasteiger partial charge in [0.05, 0.1) is 0 Å². The minimum absolute atomic E-state index is 0. The molecule has 11 heteroatoms. The molecule has 68 valence electrons. The zero-order chi connectivity index (χ0) is 9.00. The van der Waals surface area contributed by atoms with Crippen LogP contribution >= 0.6 is 13.1 Å². The molecule has 8 N–H and O–H groups in total. The van der Waals surface area contributed by atoms with Gasteiger partial charge in [0.25, 0.3) is 0 Å². The van der Waals surface area contributed by atoms with Gasteiger partial charge in [0, 0.05) is 0 Å². The Balaban J connectivity index is -0.000000107. The van der Waals surface area contributed by atoms with Gasteiger partial charge in [0.2, 0.25) is 0 Å². The molecule has 0 rings (SSSR count). The third kappa shape index (κ3) is 508. The van der Waals surface area contributed by atoms with Gasteiger partial charge in [0.1, 0.15) is 0 Å². The zero-order valence-electron chi connectivity index (χ0n) is 5.25. The Bertz CT molecular complexity index is 134. The maximum Gasteiger partial charge on any atom is 2.00 e. The number of hydrogen-bond acceptors (Lipinski definition) is 4.